The number of aromatic nitrogens is 2. The van der Waals surface area contributed by atoms with Crippen LogP contribution in [0.4, 0.5) is 11.5 Å². The number of carbonyl (C=O) groups excluding carboxylic acids is 1. The Labute approximate surface area is 163 Å². The molecular formula is C23H22N4O. The van der Waals surface area contributed by atoms with Crippen LogP contribution in [0.1, 0.15) is 21.5 Å². The number of nitrogens with one attached hydrogen (secondary N) is 3. The summed E-state index contributed by atoms with van der Waals surface area (Å²) in [5.74, 6) is 0.546. The van der Waals surface area contributed by atoms with E-state index in [0.29, 0.717) is 17.9 Å². The summed E-state index contributed by atoms with van der Waals surface area (Å²) in [6.07, 6.45) is 4.43. The van der Waals surface area contributed by atoms with Crippen molar-refractivity contribution in [3.63, 3.8) is 0 Å². The van der Waals surface area contributed by atoms with E-state index in [1.165, 1.54) is 10.9 Å². The summed E-state index contributed by atoms with van der Waals surface area (Å²) in [5.41, 5.74) is 5.02. The van der Waals surface area contributed by atoms with Gasteiger partial charge in [0, 0.05) is 41.1 Å². The molecule has 0 radical (unpaired) electrons. The highest BCUT2D eigenvalue weighted by Crippen LogP contribution is 2.18. The molecule has 0 bridgehead atoms. The standard InChI is InChI=1S/C23H22N4O/c1-16-5-4-6-19(13-16)27-22-14-17(9-11-24-22)23(28)25-12-10-18-15-26-21-8-3-2-7-20(18)21/h2-9,11,13-15,26H,10,12H2,1H3,(H,24,27)(H,25,28). The number of anilines is 2. The fraction of sp³-hybridized carbons (Fsp3) is 0.130. The zero-order valence-corrected chi connectivity index (χ0v) is 15.7. The number of hydrogen-bond donors (Lipinski definition) is 3. The largest absolute Gasteiger partial charge is 0.361 e. The van der Waals surface area contributed by atoms with Gasteiger partial charge in [0.1, 0.15) is 5.82 Å². The van der Waals surface area contributed by atoms with Gasteiger partial charge in [-0.05, 0) is 54.8 Å². The van der Waals surface area contributed by atoms with Crippen molar-refractivity contribution in [2.75, 3.05) is 11.9 Å². The molecule has 0 aliphatic carbocycles. The Kier molecular flexibility index (Phi) is 5.06. The molecule has 3 N–H and O–H groups in total. The van der Waals surface area contributed by atoms with E-state index in [4.69, 9.17) is 0 Å². The van der Waals surface area contributed by atoms with Crippen LogP contribution in [0.15, 0.2) is 73.1 Å². The molecule has 4 rings (SSSR count). The second kappa shape index (κ2) is 7.96. The summed E-state index contributed by atoms with van der Waals surface area (Å²) in [4.78, 5) is 20.1. The molecule has 140 valence electrons. The van der Waals surface area contributed by atoms with Crippen LogP contribution >= 0.6 is 0 Å². The number of H-pyrrole nitrogens is 1. The van der Waals surface area contributed by atoms with Crippen molar-refractivity contribution in [1.29, 1.82) is 0 Å². The second-order valence-electron chi connectivity index (χ2n) is 6.79. The van der Waals surface area contributed by atoms with Gasteiger partial charge in [-0.15, -0.1) is 0 Å². The lowest BCUT2D eigenvalue weighted by molar-refractivity contribution is 0.0954. The van der Waals surface area contributed by atoms with Crippen LogP contribution in [0, 0.1) is 6.92 Å². The van der Waals surface area contributed by atoms with E-state index in [9.17, 15) is 4.79 Å². The van der Waals surface area contributed by atoms with Gasteiger partial charge < -0.3 is 15.6 Å². The van der Waals surface area contributed by atoms with Gasteiger partial charge in [-0.3, -0.25) is 4.79 Å². The van der Waals surface area contributed by atoms with Crippen LogP contribution in [0.3, 0.4) is 0 Å². The summed E-state index contributed by atoms with van der Waals surface area (Å²) in [7, 11) is 0. The molecule has 0 spiro atoms. The summed E-state index contributed by atoms with van der Waals surface area (Å²) in [6.45, 7) is 2.61. The lowest BCUT2D eigenvalue weighted by atomic mass is 10.1. The van der Waals surface area contributed by atoms with E-state index in [0.717, 1.165) is 23.2 Å². The number of benzene rings is 2. The van der Waals surface area contributed by atoms with Crippen molar-refractivity contribution in [2.45, 2.75) is 13.3 Å². The fourth-order valence-electron chi connectivity index (χ4n) is 3.26. The predicted octanol–water partition coefficient (Wildman–Crippen LogP) is 4.59. The number of pyridine rings is 1. The Morgan fingerprint density at radius 1 is 1.07 bits per heavy atom. The van der Waals surface area contributed by atoms with E-state index >= 15 is 0 Å². The molecule has 5 nitrogen and oxygen atoms in total. The van der Waals surface area contributed by atoms with Gasteiger partial charge in [0.15, 0.2) is 0 Å². The van der Waals surface area contributed by atoms with Gasteiger partial charge in [0.05, 0.1) is 0 Å². The second-order valence-corrected chi connectivity index (χ2v) is 6.79. The van der Waals surface area contributed by atoms with Crippen molar-refractivity contribution >= 4 is 28.3 Å². The van der Waals surface area contributed by atoms with Crippen molar-refractivity contribution in [1.82, 2.24) is 15.3 Å². The number of hydrogen-bond acceptors (Lipinski definition) is 3. The van der Waals surface area contributed by atoms with Crippen molar-refractivity contribution < 1.29 is 4.79 Å². The number of para-hydroxylation sites is 1. The van der Waals surface area contributed by atoms with Crippen LogP contribution in [0.2, 0.25) is 0 Å². The van der Waals surface area contributed by atoms with E-state index in [-0.39, 0.29) is 5.91 Å². The summed E-state index contributed by atoms with van der Waals surface area (Å²) < 4.78 is 0. The molecule has 5 heteroatoms. The number of nitrogens with zero attached hydrogens (tertiary/aromatic N) is 1. The zero-order valence-electron chi connectivity index (χ0n) is 15.7. The normalized spacial score (nSPS) is 10.8. The third-order valence-corrected chi connectivity index (χ3v) is 4.67. The predicted molar refractivity (Wildman–Crippen MR) is 113 cm³/mol. The minimum Gasteiger partial charge on any atom is -0.361 e. The highest BCUT2D eigenvalue weighted by Gasteiger charge is 2.08. The first kappa shape index (κ1) is 17.8. The molecule has 0 fully saturated rings. The molecule has 0 atom stereocenters. The van der Waals surface area contributed by atoms with Gasteiger partial charge in [-0.1, -0.05) is 30.3 Å². The van der Waals surface area contributed by atoms with E-state index < -0.39 is 0 Å². The van der Waals surface area contributed by atoms with E-state index in [1.54, 1.807) is 18.3 Å². The van der Waals surface area contributed by atoms with Gasteiger partial charge in [-0.25, -0.2) is 4.98 Å². The summed E-state index contributed by atoms with van der Waals surface area (Å²) in [5, 5.41) is 7.44. The Balaban J connectivity index is 1.38. The van der Waals surface area contributed by atoms with Gasteiger partial charge in [0.2, 0.25) is 0 Å². The minimum absolute atomic E-state index is 0.102. The average Bonchev–Trinajstić information content (AvgIpc) is 3.11. The molecule has 0 aliphatic heterocycles. The van der Waals surface area contributed by atoms with Gasteiger partial charge in [0.25, 0.3) is 5.91 Å². The molecule has 0 unspecified atom stereocenters. The van der Waals surface area contributed by atoms with E-state index in [1.807, 2.05) is 49.5 Å². The highest BCUT2D eigenvalue weighted by molar-refractivity contribution is 5.95. The topological polar surface area (TPSA) is 69.8 Å². The van der Waals surface area contributed by atoms with Crippen molar-refractivity contribution in [3.05, 3.63) is 89.7 Å². The quantitative estimate of drug-likeness (QED) is 0.465. The molecule has 0 saturated carbocycles. The maximum atomic E-state index is 12.5. The maximum absolute atomic E-state index is 12.5. The smallest absolute Gasteiger partial charge is 0.251 e. The number of aromatic amines is 1. The molecule has 2 aromatic heterocycles. The Hall–Kier alpha value is -3.60. The molecule has 1 amide bonds. The third-order valence-electron chi connectivity index (χ3n) is 4.67. The number of amides is 1. The Morgan fingerprint density at radius 3 is 2.86 bits per heavy atom. The van der Waals surface area contributed by atoms with Crippen LogP contribution in [-0.2, 0) is 6.42 Å². The number of fused-ring (bicyclic) bond motifs is 1. The molecular weight excluding hydrogens is 348 g/mol. The van der Waals surface area contributed by atoms with Crippen molar-refractivity contribution in [3.8, 4) is 0 Å². The third kappa shape index (κ3) is 4.04. The van der Waals surface area contributed by atoms with Crippen LogP contribution in [-0.4, -0.2) is 22.4 Å². The highest BCUT2D eigenvalue weighted by atomic mass is 16.1. The van der Waals surface area contributed by atoms with E-state index in [2.05, 4.69) is 32.7 Å². The molecule has 0 saturated heterocycles. The molecule has 0 aliphatic rings. The summed E-state index contributed by atoms with van der Waals surface area (Å²) in [6, 6.07) is 19.7. The Morgan fingerprint density at radius 2 is 1.96 bits per heavy atom. The molecule has 2 heterocycles. The van der Waals surface area contributed by atoms with Crippen molar-refractivity contribution in [2.24, 2.45) is 0 Å². The summed E-state index contributed by atoms with van der Waals surface area (Å²) >= 11 is 0. The molecule has 28 heavy (non-hydrogen) atoms. The van der Waals surface area contributed by atoms with Gasteiger partial charge >= 0.3 is 0 Å². The number of aryl methyl sites for hydroxylation is 1. The number of rotatable bonds is 6. The first-order valence-corrected chi connectivity index (χ1v) is 9.32. The minimum atomic E-state index is -0.102. The average molecular weight is 370 g/mol. The van der Waals surface area contributed by atoms with Crippen LogP contribution in [0.5, 0.6) is 0 Å². The first-order valence-electron chi connectivity index (χ1n) is 9.32. The lowest BCUT2D eigenvalue weighted by Gasteiger charge is -2.09. The SMILES string of the molecule is Cc1cccc(Nc2cc(C(=O)NCCc3c[nH]c4ccccc34)ccn2)c1. The van der Waals surface area contributed by atoms with Gasteiger partial charge in [-0.2, -0.15) is 0 Å². The Bertz CT molecular complexity index is 1120. The molecule has 4 aromatic rings. The fourth-order valence-corrected chi connectivity index (χ4v) is 3.26. The van der Waals surface area contributed by atoms with Crippen LogP contribution in [0.25, 0.3) is 10.9 Å². The lowest BCUT2D eigenvalue weighted by Crippen LogP contribution is -2.25. The first-order chi connectivity index (χ1) is 13.7. The maximum Gasteiger partial charge on any atom is 0.251 e. The monoisotopic (exact) mass is 370 g/mol. The zero-order chi connectivity index (χ0) is 19.3. The molecule has 2 aromatic carbocycles. The van der Waals surface area contributed by atoms with Crippen LogP contribution < -0.4 is 10.6 Å². The number of carbonyl (C=O) groups is 1.